The molecule has 10 heteroatoms. The molecule has 7 nitrogen and oxygen atoms in total. The van der Waals surface area contributed by atoms with Crippen molar-refractivity contribution in [2.45, 2.75) is 27.2 Å². The fourth-order valence-corrected chi connectivity index (χ4v) is 3.62. The van der Waals surface area contributed by atoms with Crippen LogP contribution in [0.2, 0.25) is 0 Å². The number of nitrogens with zero attached hydrogens (tertiary/aromatic N) is 4. The highest BCUT2D eigenvalue weighted by Crippen LogP contribution is 2.25. The van der Waals surface area contributed by atoms with Crippen molar-refractivity contribution in [2.75, 3.05) is 32.1 Å². The monoisotopic (exact) mass is 479 g/mol. The lowest BCUT2D eigenvalue weighted by Gasteiger charge is -2.18. The van der Waals surface area contributed by atoms with Gasteiger partial charge in [-0.1, -0.05) is 20.8 Å². The lowest BCUT2D eigenvalue weighted by molar-refractivity contribution is 0.0983. The Morgan fingerprint density at radius 2 is 1.76 bits per heavy atom. The molecule has 3 heterocycles. The summed E-state index contributed by atoms with van der Waals surface area (Å²) < 4.78 is 41.2. The lowest BCUT2D eigenvalue weighted by Crippen LogP contribution is -2.34. The molecule has 1 unspecified atom stereocenters. The Balaban J connectivity index is 0.000000323. The minimum Gasteiger partial charge on any atom is -0.371 e. The van der Waals surface area contributed by atoms with E-state index in [1.807, 2.05) is 32.2 Å². The molecule has 1 aliphatic heterocycles. The zero-order chi connectivity index (χ0) is 24.5. The Bertz CT molecular complexity index is 1050. The molecular weight excluding hydrogens is 448 g/mol. The van der Waals surface area contributed by atoms with E-state index in [0.29, 0.717) is 11.5 Å². The predicted octanol–water partition coefficient (Wildman–Crippen LogP) is 4.04. The zero-order valence-corrected chi connectivity index (χ0v) is 20.4. The molecule has 1 saturated heterocycles. The number of halogens is 2. The summed E-state index contributed by atoms with van der Waals surface area (Å²) in [6.45, 7) is 8.29. The Hall–Kier alpha value is -2.85. The Morgan fingerprint density at radius 1 is 1.15 bits per heavy atom. The molecule has 0 aliphatic carbocycles. The van der Waals surface area contributed by atoms with Gasteiger partial charge in [0.2, 0.25) is 0 Å². The number of anilines is 1. The van der Waals surface area contributed by atoms with Crippen LogP contribution in [-0.4, -0.2) is 51.2 Å². The van der Waals surface area contributed by atoms with E-state index in [4.69, 9.17) is 0 Å². The van der Waals surface area contributed by atoms with Crippen molar-refractivity contribution in [1.29, 1.82) is 0 Å². The maximum absolute atomic E-state index is 12.3. The molecule has 4 rings (SSSR count). The highest BCUT2D eigenvalue weighted by atomic mass is 32.2. The van der Waals surface area contributed by atoms with Gasteiger partial charge in [0.05, 0.1) is 17.3 Å². The SMILES string of the molecule is CC.C[C@H]1CCN(c2ccn3ncc(C(=O)NS(=O)N(C)C)c3c2)C1.Fc1ccc(F)cc1. The second-order valence-electron chi connectivity index (χ2n) is 7.54. The summed E-state index contributed by atoms with van der Waals surface area (Å²) in [6, 6.07) is 8.30. The van der Waals surface area contributed by atoms with Gasteiger partial charge in [0.15, 0.2) is 11.2 Å². The predicted molar refractivity (Wildman–Crippen MR) is 128 cm³/mol. The van der Waals surface area contributed by atoms with E-state index in [2.05, 4.69) is 21.6 Å². The Labute approximate surface area is 196 Å². The van der Waals surface area contributed by atoms with E-state index >= 15 is 0 Å². The average Bonchev–Trinajstić information content (AvgIpc) is 3.43. The quantitative estimate of drug-likeness (QED) is 0.613. The molecule has 3 aromatic rings. The molecule has 1 fully saturated rings. The van der Waals surface area contributed by atoms with Gasteiger partial charge >= 0.3 is 0 Å². The van der Waals surface area contributed by atoms with Crippen LogP contribution in [0.25, 0.3) is 5.52 Å². The molecule has 1 N–H and O–H groups in total. The van der Waals surface area contributed by atoms with Crippen molar-refractivity contribution < 1.29 is 17.8 Å². The minimum absolute atomic E-state index is 0.390. The Kier molecular flexibility index (Phi) is 9.93. The summed E-state index contributed by atoms with van der Waals surface area (Å²) in [6.07, 6.45) is 4.54. The number of amides is 1. The summed E-state index contributed by atoms with van der Waals surface area (Å²) in [5.74, 6) is -0.529. The zero-order valence-electron chi connectivity index (χ0n) is 19.6. The number of aromatic nitrogens is 2. The molecular formula is C23H31F2N5O2S. The van der Waals surface area contributed by atoms with Crippen molar-refractivity contribution in [1.82, 2.24) is 18.6 Å². The highest BCUT2D eigenvalue weighted by molar-refractivity contribution is 7.81. The van der Waals surface area contributed by atoms with Crippen LogP contribution in [0.1, 0.15) is 37.6 Å². The summed E-state index contributed by atoms with van der Waals surface area (Å²) in [4.78, 5) is 14.6. The van der Waals surface area contributed by atoms with Gasteiger partial charge in [0.1, 0.15) is 11.6 Å². The van der Waals surface area contributed by atoms with Gasteiger partial charge < -0.3 is 4.90 Å². The smallest absolute Gasteiger partial charge is 0.267 e. The standard InChI is InChI=1S/C15H21N5O2S.C6H4F2.C2H6/c1-11-4-6-19(10-11)12-5-7-20-14(8-12)13(9-16-20)15(21)17-23(22)18(2)3;7-5-1-2-6(8)4-3-5;1-2/h5,7-9,11H,4,6,10H2,1-3H3,(H,17,21);1-4H;1-2H3/t11-,23?;;/m0../s1. The maximum atomic E-state index is 12.3. The van der Waals surface area contributed by atoms with Gasteiger partial charge in [-0.15, -0.1) is 0 Å². The molecule has 33 heavy (non-hydrogen) atoms. The van der Waals surface area contributed by atoms with Crippen molar-refractivity contribution in [3.8, 4) is 0 Å². The van der Waals surface area contributed by atoms with Gasteiger partial charge in [0, 0.05) is 39.1 Å². The summed E-state index contributed by atoms with van der Waals surface area (Å²) in [5.41, 5.74) is 2.23. The van der Waals surface area contributed by atoms with Crippen LogP contribution in [0.3, 0.4) is 0 Å². The molecule has 0 radical (unpaired) electrons. The topological polar surface area (TPSA) is 70.0 Å². The second kappa shape index (κ2) is 12.4. The van der Waals surface area contributed by atoms with Gasteiger partial charge in [-0.2, -0.15) is 5.10 Å². The first-order valence-corrected chi connectivity index (χ1v) is 11.9. The number of hydrogen-bond donors (Lipinski definition) is 1. The summed E-state index contributed by atoms with van der Waals surface area (Å²) in [7, 11) is 3.28. The lowest BCUT2D eigenvalue weighted by atomic mass is 10.2. The van der Waals surface area contributed by atoms with Crippen LogP contribution >= 0.6 is 0 Å². The van der Waals surface area contributed by atoms with Gasteiger partial charge in [-0.25, -0.2) is 21.8 Å². The number of benzene rings is 1. The second-order valence-corrected chi connectivity index (χ2v) is 8.97. The molecule has 0 spiro atoms. The number of rotatable bonds is 4. The third-order valence-electron chi connectivity index (χ3n) is 4.85. The van der Waals surface area contributed by atoms with Crippen molar-refractivity contribution in [3.63, 3.8) is 0 Å². The number of carbonyl (C=O) groups excluding carboxylic acids is 1. The van der Waals surface area contributed by atoms with E-state index in [1.54, 1.807) is 18.6 Å². The molecule has 1 amide bonds. The van der Waals surface area contributed by atoms with Crippen LogP contribution in [0.4, 0.5) is 14.5 Å². The molecule has 0 bridgehead atoms. The van der Waals surface area contributed by atoms with Crippen LogP contribution in [0.15, 0.2) is 48.8 Å². The van der Waals surface area contributed by atoms with Crippen LogP contribution < -0.4 is 9.62 Å². The maximum Gasteiger partial charge on any atom is 0.267 e. The van der Waals surface area contributed by atoms with Gasteiger partial charge in [-0.3, -0.25) is 9.52 Å². The average molecular weight is 480 g/mol. The number of pyridine rings is 1. The largest absolute Gasteiger partial charge is 0.371 e. The van der Waals surface area contributed by atoms with E-state index in [0.717, 1.165) is 48.6 Å². The van der Waals surface area contributed by atoms with Gasteiger partial charge in [-0.05, 0) is 48.7 Å². The van der Waals surface area contributed by atoms with E-state index in [-0.39, 0.29) is 5.91 Å². The summed E-state index contributed by atoms with van der Waals surface area (Å²) in [5, 5.41) is 4.20. The molecule has 1 aliphatic rings. The number of hydrogen-bond acceptors (Lipinski definition) is 4. The fraction of sp³-hybridized carbons (Fsp3) is 0.391. The normalized spacial score (nSPS) is 16.0. The van der Waals surface area contributed by atoms with Crippen molar-refractivity contribution in [2.24, 2.45) is 5.92 Å². The van der Waals surface area contributed by atoms with Crippen LogP contribution in [-0.2, 0) is 11.2 Å². The van der Waals surface area contributed by atoms with Crippen LogP contribution in [0, 0.1) is 17.6 Å². The molecule has 180 valence electrons. The van der Waals surface area contributed by atoms with Crippen molar-refractivity contribution in [3.05, 3.63) is 66.0 Å². The first kappa shape index (κ1) is 26.4. The van der Waals surface area contributed by atoms with Crippen LogP contribution in [0.5, 0.6) is 0 Å². The van der Waals surface area contributed by atoms with E-state index in [9.17, 15) is 17.8 Å². The number of carbonyl (C=O) groups is 1. The Morgan fingerprint density at radius 3 is 2.27 bits per heavy atom. The molecule has 0 saturated carbocycles. The molecule has 2 aromatic heterocycles. The number of fused-ring (bicyclic) bond motifs is 1. The van der Waals surface area contributed by atoms with E-state index < -0.39 is 22.8 Å². The van der Waals surface area contributed by atoms with Crippen molar-refractivity contribution >= 4 is 28.3 Å². The molecule has 2 atom stereocenters. The fourth-order valence-electron chi connectivity index (χ4n) is 3.17. The highest BCUT2D eigenvalue weighted by Gasteiger charge is 2.21. The molecule has 1 aromatic carbocycles. The van der Waals surface area contributed by atoms with E-state index in [1.165, 1.54) is 16.9 Å². The van der Waals surface area contributed by atoms with Gasteiger partial charge in [0.25, 0.3) is 5.91 Å². The number of nitrogens with one attached hydrogen (secondary N) is 1. The first-order valence-electron chi connectivity index (χ1n) is 10.8. The summed E-state index contributed by atoms with van der Waals surface area (Å²) >= 11 is -1.56. The third kappa shape index (κ3) is 7.33. The third-order valence-corrected chi connectivity index (χ3v) is 5.88. The minimum atomic E-state index is -1.56. The first-order chi connectivity index (χ1) is 15.7.